The molecule has 0 saturated heterocycles. The van der Waals surface area contributed by atoms with E-state index in [9.17, 15) is 32.5 Å². The van der Waals surface area contributed by atoms with Crippen LogP contribution in [0.4, 0.5) is 23.2 Å². The number of nitrogens with zero attached hydrogens (tertiary/aromatic N) is 4. The van der Waals surface area contributed by atoms with Gasteiger partial charge in [0.15, 0.2) is 0 Å². The topological polar surface area (TPSA) is 94.4 Å². The van der Waals surface area contributed by atoms with E-state index in [-0.39, 0.29) is 22.7 Å². The number of para-hydroxylation sites is 1. The van der Waals surface area contributed by atoms with Gasteiger partial charge in [0.2, 0.25) is 5.89 Å². The second-order valence-electron chi connectivity index (χ2n) is 6.31. The lowest BCUT2D eigenvalue weighted by molar-refractivity contribution is -0.385. The normalized spacial score (nSPS) is 11.8. The van der Waals surface area contributed by atoms with Crippen LogP contribution in [0.25, 0.3) is 11.5 Å². The standard InChI is InChI=1S/C18H14F4N4O4/c19-14-7-5-12(6-8-14)16-23-25(17(27)30-16)11-24(10-18(20,21)22)9-13-3-1-2-4-15(13)26(28)29/h1-8H,9-11H2. The second-order valence-corrected chi connectivity index (χ2v) is 6.31. The zero-order valence-corrected chi connectivity index (χ0v) is 15.2. The number of hydrogen-bond acceptors (Lipinski definition) is 6. The van der Waals surface area contributed by atoms with Crippen LogP contribution >= 0.6 is 0 Å². The molecule has 2 aromatic carbocycles. The molecule has 8 nitrogen and oxygen atoms in total. The molecule has 1 aromatic heterocycles. The summed E-state index contributed by atoms with van der Waals surface area (Å²) < 4.78 is 57.8. The highest BCUT2D eigenvalue weighted by Gasteiger charge is 2.32. The van der Waals surface area contributed by atoms with Crippen molar-refractivity contribution in [2.24, 2.45) is 0 Å². The van der Waals surface area contributed by atoms with E-state index >= 15 is 0 Å². The highest BCUT2D eigenvalue weighted by Crippen LogP contribution is 2.23. The van der Waals surface area contributed by atoms with Gasteiger partial charge in [0.25, 0.3) is 5.69 Å². The Hall–Kier alpha value is -3.54. The quantitative estimate of drug-likeness (QED) is 0.326. The van der Waals surface area contributed by atoms with Crippen LogP contribution in [0.1, 0.15) is 5.56 Å². The highest BCUT2D eigenvalue weighted by atomic mass is 19.4. The number of benzene rings is 2. The third-order valence-electron chi connectivity index (χ3n) is 4.02. The third kappa shape index (κ3) is 5.29. The first kappa shape index (κ1) is 21.2. The number of nitro benzene ring substituents is 1. The lowest BCUT2D eigenvalue weighted by atomic mass is 10.1. The summed E-state index contributed by atoms with van der Waals surface area (Å²) in [5.41, 5.74) is -0.0421. The fraction of sp³-hybridized carbons (Fsp3) is 0.222. The van der Waals surface area contributed by atoms with Crippen molar-refractivity contribution in [2.75, 3.05) is 6.54 Å². The Balaban J connectivity index is 1.88. The van der Waals surface area contributed by atoms with E-state index in [0.717, 1.165) is 17.0 Å². The van der Waals surface area contributed by atoms with Crippen LogP contribution in [-0.2, 0) is 13.2 Å². The fourth-order valence-electron chi connectivity index (χ4n) is 2.77. The van der Waals surface area contributed by atoms with Gasteiger partial charge in [-0.2, -0.15) is 17.9 Å². The summed E-state index contributed by atoms with van der Waals surface area (Å²) in [4.78, 5) is 23.3. The first-order valence-electron chi connectivity index (χ1n) is 8.48. The molecule has 0 unspecified atom stereocenters. The lowest BCUT2D eigenvalue weighted by Gasteiger charge is -2.22. The molecule has 0 N–H and O–H groups in total. The molecule has 0 aliphatic rings. The number of halogens is 4. The Morgan fingerprint density at radius 2 is 1.80 bits per heavy atom. The van der Waals surface area contributed by atoms with Crippen molar-refractivity contribution in [1.29, 1.82) is 0 Å². The molecule has 30 heavy (non-hydrogen) atoms. The van der Waals surface area contributed by atoms with E-state index in [1.807, 2.05) is 0 Å². The third-order valence-corrected chi connectivity index (χ3v) is 4.02. The van der Waals surface area contributed by atoms with Gasteiger partial charge in [0.05, 0.1) is 11.5 Å². The Kier molecular flexibility index (Phi) is 5.96. The highest BCUT2D eigenvalue weighted by molar-refractivity contribution is 5.51. The Morgan fingerprint density at radius 1 is 1.13 bits per heavy atom. The minimum atomic E-state index is -4.63. The molecule has 0 fully saturated rings. The molecule has 0 aliphatic heterocycles. The van der Waals surface area contributed by atoms with Crippen molar-refractivity contribution < 1.29 is 26.9 Å². The van der Waals surface area contributed by atoms with Crippen LogP contribution in [0.15, 0.2) is 57.7 Å². The lowest BCUT2D eigenvalue weighted by Crippen LogP contribution is -2.37. The number of nitro groups is 1. The molecule has 0 bridgehead atoms. The Labute approximate surface area is 166 Å². The van der Waals surface area contributed by atoms with Crippen molar-refractivity contribution in [3.05, 3.63) is 80.6 Å². The van der Waals surface area contributed by atoms with Crippen molar-refractivity contribution in [2.45, 2.75) is 19.4 Å². The van der Waals surface area contributed by atoms with Crippen LogP contribution in [0.5, 0.6) is 0 Å². The molecule has 12 heteroatoms. The molecule has 3 rings (SSSR count). The summed E-state index contributed by atoms with van der Waals surface area (Å²) in [5.74, 6) is -1.75. The zero-order valence-electron chi connectivity index (χ0n) is 15.2. The van der Waals surface area contributed by atoms with Gasteiger partial charge in [0, 0.05) is 23.7 Å². The van der Waals surface area contributed by atoms with E-state index < -0.39 is 42.4 Å². The number of alkyl halides is 3. The number of hydrogen-bond donors (Lipinski definition) is 0. The maximum absolute atomic E-state index is 13.0. The van der Waals surface area contributed by atoms with Crippen LogP contribution in [0.3, 0.4) is 0 Å². The molecular weight excluding hydrogens is 412 g/mol. The van der Waals surface area contributed by atoms with Gasteiger partial charge in [0.1, 0.15) is 12.5 Å². The molecular formula is C18H14F4N4O4. The molecule has 0 aliphatic carbocycles. The molecule has 1 heterocycles. The number of aromatic nitrogens is 2. The van der Waals surface area contributed by atoms with E-state index in [1.54, 1.807) is 0 Å². The van der Waals surface area contributed by atoms with Gasteiger partial charge < -0.3 is 4.42 Å². The van der Waals surface area contributed by atoms with Gasteiger partial charge >= 0.3 is 11.9 Å². The van der Waals surface area contributed by atoms with E-state index in [4.69, 9.17) is 4.42 Å². The first-order valence-corrected chi connectivity index (χ1v) is 8.48. The summed E-state index contributed by atoms with van der Waals surface area (Å²) in [6.07, 6.45) is -4.63. The van der Waals surface area contributed by atoms with Gasteiger partial charge in [-0.05, 0) is 24.3 Å². The van der Waals surface area contributed by atoms with E-state index in [1.165, 1.54) is 36.4 Å². The molecule has 3 aromatic rings. The summed E-state index contributed by atoms with van der Waals surface area (Å²) in [6.45, 7) is -2.53. The minimum absolute atomic E-state index is 0.0436. The van der Waals surface area contributed by atoms with E-state index in [2.05, 4.69) is 5.10 Å². The molecule has 0 saturated carbocycles. The maximum Gasteiger partial charge on any atom is 0.438 e. The summed E-state index contributed by atoms with van der Waals surface area (Å²) >= 11 is 0. The van der Waals surface area contributed by atoms with Crippen LogP contribution < -0.4 is 5.76 Å². The van der Waals surface area contributed by atoms with Crippen LogP contribution in [0, 0.1) is 15.9 Å². The molecule has 0 spiro atoms. The minimum Gasteiger partial charge on any atom is -0.388 e. The SMILES string of the molecule is O=c1oc(-c2ccc(F)cc2)nn1CN(Cc1ccccc1[N+](=O)[O-])CC(F)(F)F. The van der Waals surface area contributed by atoms with Crippen molar-refractivity contribution in [3.8, 4) is 11.5 Å². The van der Waals surface area contributed by atoms with Crippen molar-refractivity contribution in [1.82, 2.24) is 14.7 Å². The van der Waals surface area contributed by atoms with Crippen LogP contribution in [-0.4, -0.2) is 32.3 Å². The summed E-state index contributed by atoms with van der Waals surface area (Å²) in [5, 5.41) is 15.0. The molecule has 0 amide bonds. The second kappa shape index (κ2) is 8.45. The summed E-state index contributed by atoms with van der Waals surface area (Å²) in [7, 11) is 0. The average Bonchev–Trinajstić information content (AvgIpc) is 3.01. The van der Waals surface area contributed by atoms with Gasteiger partial charge in [-0.3, -0.25) is 15.0 Å². The average molecular weight is 426 g/mol. The maximum atomic E-state index is 13.0. The molecule has 158 valence electrons. The monoisotopic (exact) mass is 426 g/mol. The first-order chi connectivity index (χ1) is 14.1. The molecule has 0 atom stereocenters. The largest absolute Gasteiger partial charge is 0.438 e. The van der Waals surface area contributed by atoms with Gasteiger partial charge in [-0.15, -0.1) is 5.10 Å². The smallest absolute Gasteiger partial charge is 0.388 e. The fourth-order valence-corrected chi connectivity index (χ4v) is 2.77. The van der Waals surface area contributed by atoms with E-state index in [0.29, 0.717) is 4.68 Å². The zero-order chi connectivity index (χ0) is 21.9. The van der Waals surface area contributed by atoms with Crippen molar-refractivity contribution in [3.63, 3.8) is 0 Å². The molecule has 0 radical (unpaired) electrons. The predicted octanol–water partition coefficient (Wildman–Crippen LogP) is 3.57. The van der Waals surface area contributed by atoms with Crippen LogP contribution in [0.2, 0.25) is 0 Å². The predicted molar refractivity (Wildman–Crippen MR) is 95.7 cm³/mol. The Morgan fingerprint density at radius 3 is 2.43 bits per heavy atom. The Bertz CT molecular complexity index is 1090. The summed E-state index contributed by atoms with van der Waals surface area (Å²) in [6, 6.07) is 10.2. The number of rotatable bonds is 7. The van der Waals surface area contributed by atoms with Gasteiger partial charge in [-0.1, -0.05) is 18.2 Å². The van der Waals surface area contributed by atoms with Crippen molar-refractivity contribution >= 4 is 5.69 Å². The van der Waals surface area contributed by atoms with Gasteiger partial charge in [-0.25, -0.2) is 9.18 Å².